The van der Waals surface area contributed by atoms with Crippen molar-refractivity contribution in [2.24, 2.45) is 0 Å². The third-order valence-electron chi connectivity index (χ3n) is 2.93. The van der Waals surface area contributed by atoms with E-state index in [1.54, 1.807) is 0 Å². The maximum absolute atomic E-state index is 12.2. The lowest BCUT2D eigenvalue weighted by Crippen LogP contribution is -2.27. The minimum absolute atomic E-state index is 0. The Kier molecular flexibility index (Phi) is 5.60. The van der Waals surface area contributed by atoms with Crippen LogP contribution >= 0.6 is 12.4 Å². The van der Waals surface area contributed by atoms with E-state index < -0.39 is 30.4 Å². The van der Waals surface area contributed by atoms with Crippen molar-refractivity contribution in [3.05, 3.63) is 34.9 Å². The fourth-order valence-corrected chi connectivity index (χ4v) is 1.79. The van der Waals surface area contributed by atoms with E-state index in [1.165, 1.54) is 19.2 Å². The van der Waals surface area contributed by atoms with Gasteiger partial charge in [0.25, 0.3) is 5.56 Å². The minimum Gasteiger partial charge on any atom is -0.482 e. The zero-order chi connectivity index (χ0) is 16.5. The number of hydrogen-bond acceptors (Lipinski definition) is 4. The summed E-state index contributed by atoms with van der Waals surface area (Å²) in [4.78, 5) is 27.0. The highest BCUT2D eigenvalue weighted by atomic mass is 35.5. The highest BCUT2D eigenvalue weighted by Crippen LogP contribution is 2.20. The molecule has 0 aliphatic rings. The summed E-state index contributed by atoms with van der Waals surface area (Å²) in [5, 5.41) is 8.92. The number of carboxylic acids is 1. The molecule has 0 fully saturated rings. The molecule has 0 saturated carbocycles. The van der Waals surface area contributed by atoms with Crippen LogP contribution in [0.2, 0.25) is 0 Å². The first-order valence-corrected chi connectivity index (χ1v) is 6.12. The normalized spacial score (nSPS) is 12.5. The second-order valence-electron chi connectivity index (χ2n) is 4.55. The molecule has 2 aromatic heterocycles. The Labute approximate surface area is 133 Å². The first kappa shape index (κ1) is 18.8. The molecule has 0 radical (unpaired) electrons. The van der Waals surface area contributed by atoms with Crippen molar-refractivity contribution in [1.29, 1.82) is 0 Å². The van der Waals surface area contributed by atoms with Crippen LogP contribution in [0.5, 0.6) is 5.75 Å². The van der Waals surface area contributed by atoms with Gasteiger partial charge in [-0.3, -0.25) is 9.78 Å². The van der Waals surface area contributed by atoms with Gasteiger partial charge >= 0.3 is 12.1 Å². The van der Waals surface area contributed by atoms with Crippen molar-refractivity contribution in [2.45, 2.75) is 19.1 Å². The summed E-state index contributed by atoms with van der Waals surface area (Å²) >= 11 is 0. The van der Waals surface area contributed by atoms with Gasteiger partial charge < -0.3 is 14.4 Å². The largest absolute Gasteiger partial charge is 0.482 e. The molecule has 23 heavy (non-hydrogen) atoms. The van der Waals surface area contributed by atoms with E-state index in [1.807, 2.05) is 0 Å². The Morgan fingerprint density at radius 3 is 2.70 bits per heavy atom. The summed E-state index contributed by atoms with van der Waals surface area (Å²) in [6.45, 7) is -0.195. The van der Waals surface area contributed by atoms with Crippen LogP contribution in [0.4, 0.5) is 13.2 Å². The molecule has 126 valence electrons. The molecule has 0 aliphatic heterocycles. The van der Waals surface area contributed by atoms with E-state index in [9.17, 15) is 22.8 Å². The third kappa shape index (κ3) is 4.35. The number of hydrogen-bond donors (Lipinski definition) is 1. The van der Waals surface area contributed by atoms with Gasteiger partial charge in [0.05, 0.1) is 17.1 Å². The van der Waals surface area contributed by atoms with Crippen LogP contribution in [0.1, 0.15) is 13.0 Å². The van der Waals surface area contributed by atoms with E-state index in [0.29, 0.717) is 0 Å². The smallest absolute Gasteiger partial charge is 0.422 e. The molecule has 2 aromatic rings. The molecular weight excluding hydrogens is 341 g/mol. The maximum atomic E-state index is 12.2. The quantitative estimate of drug-likeness (QED) is 0.913. The third-order valence-corrected chi connectivity index (χ3v) is 2.93. The number of ether oxygens (including phenoxy) is 1. The van der Waals surface area contributed by atoms with E-state index in [-0.39, 0.29) is 29.1 Å². The summed E-state index contributed by atoms with van der Waals surface area (Å²) in [5.41, 5.74) is -0.435. The Hall–Kier alpha value is -2.29. The second kappa shape index (κ2) is 6.86. The highest BCUT2D eigenvalue weighted by Gasteiger charge is 2.28. The van der Waals surface area contributed by atoms with Gasteiger partial charge in [-0.05, 0) is 19.1 Å². The molecule has 2 rings (SSSR count). The van der Waals surface area contributed by atoms with Gasteiger partial charge in [-0.1, -0.05) is 0 Å². The first-order chi connectivity index (χ1) is 10.2. The highest BCUT2D eigenvalue weighted by molar-refractivity contribution is 5.85. The van der Waals surface area contributed by atoms with Crippen molar-refractivity contribution < 1.29 is 27.8 Å². The van der Waals surface area contributed by atoms with Crippen molar-refractivity contribution in [3.8, 4) is 5.75 Å². The molecule has 1 unspecified atom stereocenters. The number of carbonyl (C=O) groups is 1. The molecule has 1 N–H and O–H groups in total. The molecule has 0 bridgehead atoms. The van der Waals surface area contributed by atoms with Crippen LogP contribution in [-0.2, 0) is 4.79 Å². The number of fused-ring (bicyclic) bond motifs is 1. The van der Waals surface area contributed by atoms with Crippen molar-refractivity contribution in [2.75, 3.05) is 6.61 Å². The van der Waals surface area contributed by atoms with Gasteiger partial charge in [-0.2, -0.15) is 13.2 Å². The lowest BCUT2D eigenvalue weighted by Gasteiger charge is -2.12. The molecule has 0 aromatic carbocycles. The van der Waals surface area contributed by atoms with Crippen molar-refractivity contribution >= 4 is 29.3 Å². The average molecular weight is 353 g/mol. The number of nitrogens with zero attached hydrogens (tertiary/aromatic N) is 2. The van der Waals surface area contributed by atoms with Crippen LogP contribution in [-0.4, -0.2) is 33.4 Å². The molecule has 0 amide bonds. The predicted molar refractivity (Wildman–Crippen MR) is 77.1 cm³/mol. The zero-order valence-corrected chi connectivity index (χ0v) is 12.5. The van der Waals surface area contributed by atoms with E-state index >= 15 is 0 Å². The van der Waals surface area contributed by atoms with Crippen molar-refractivity contribution in [1.82, 2.24) is 9.55 Å². The van der Waals surface area contributed by atoms with Crippen LogP contribution in [0.25, 0.3) is 10.9 Å². The molecule has 0 aliphatic carbocycles. The van der Waals surface area contributed by atoms with Gasteiger partial charge in [0.1, 0.15) is 11.8 Å². The number of alkyl halides is 3. The molecule has 10 heteroatoms. The molecule has 0 spiro atoms. The summed E-state index contributed by atoms with van der Waals surface area (Å²) in [5.74, 6) is -1.43. The standard InChI is InChI=1S/C13H11F3N2O4.ClH/c1-7(12(20)21)18-3-2-10-9(11(18)19)4-8(5-17-10)22-6-13(14,15)16;/h2-5,7H,6H2,1H3,(H,20,21);1H. The van der Waals surface area contributed by atoms with Gasteiger partial charge in [0, 0.05) is 6.20 Å². The Morgan fingerprint density at radius 1 is 1.48 bits per heavy atom. The van der Waals surface area contributed by atoms with Gasteiger partial charge in [-0.15, -0.1) is 12.4 Å². The molecule has 6 nitrogen and oxygen atoms in total. The number of rotatable bonds is 4. The van der Waals surface area contributed by atoms with Gasteiger partial charge in [-0.25, -0.2) is 4.79 Å². The van der Waals surface area contributed by atoms with Crippen LogP contribution in [0.3, 0.4) is 0 Å². The molecule has 0 saturated heterocycles. The van der Waals surface area contributed by atoms with Crippen LogP contribution < -0.4 is 10.3 Å². The molecular formula is C13H12ClF3N2O4. The zero-order valence-electron chi connectivity index (χ0n) is 11.7. The summed E-state index contributed by atoms with van der Waals surface area (Å²) in [6.07, 6.45) is -2.17. The number of carboxylic acid groups (broad SMARTS) is 1. The first-order valence-electron chi connectivity index (χ1n) is 6.12. The number of halogens is 4. The minimum atomic E-state index is -4.51. The average Bonchev–Trinajstić information content (AvgIpc) is 2.44. The summed E-state index contributed by atoms with van der Waals surface area (Å²) < 4.78 is 41.8. The van der Waals surface area contributed by atoms with Crippen molar-refractivity contribution in [3.63, 3.8) is 0 Å². The summed E-state index contributed by atoms with van der Waals surface area (Å²) in [7, 11) is 0. The summed E-state index contributed by atoms with van der Waals surface area (Å²) in [6, 6.07) is 1.40. The lowest BCUT2D eigenvalue weighted by molar-refractivity contribution is -0.153. The Morgan fingerprint density at radius 2 is 2.13 bits per heavy atom. The van der Waals surface area contributed by atoms with E-state index in [4.69, 9.17) is 5.11 Å². The number of aliphatic carboxylic acids is 1. The lowest BCUT2D eigenvalue weighted by atomic mass is 10.2. The van der Waals surface area contributed by atoms with E-state index in [0.717, 1.165) is 16.8 Å². The van der Waals surface area contributed by atoms with Crippen LogP contribution in [0, 0.1) is 0 Å². The number of pyridine rings is 2. The second-order valence-corrected chi connectivity index (χ2v) is 4.55. The van der Waals surface area contributed by atoms with E-state index in [2.05, 4.69) is 9.72 Å². The van der Waals surface area contributed by atoms with Crippen LogP contribution in [0.15, 0.2) is 29.3 Å². The van der Waals surface area contributed by atoms with Gasteiger partial charge in [0.15, 0.2) is 6.61 Å². The molecule has 1 atom stereocenters. The maximum Gasteiger partial charge on any atom is 0.422 e. The topological polar surface area (TPSA) is 81.4 Å². The fourth-order valence-electron chi connectivity index (χ4n) is 1.79. The fraction of sp³-hybridized carbons (Fsp3) is 0.308. The number of aromatic nitrogens is 2. The molecule has 2 heterocycles. The SMILES string of the molecule is CC(C(=O)O)n1ccc2ncc(OCC(F)(F)F)cc2c1=O.Cl. The Bertz CT molecular complexity index is 776. The predicted octanol–water partition coefficient (Wildman–Crippen LogP) is 2.41. The van der Waals surface area contributed by atoms with Gasteiger partial charge in [0.2, 0.25) is 0 Å². The monoisotopic (exact) mass is 352 g/mol. The Balaban J connectivity index is 0.00000264.